The zero-order valence-corrected chi connectivity index (χ0v) is 14.7. The summed E-state index contributed by atoms with van der Waals surface area (Å²) in [5, 5.41) is 0.442. The first-order valence-corrected chi connectivity index (χ1v) is 8.81. The Hall–Kier alpha value is -2.53. The largest absolute Gasteiger partial charge is 0.454 e. The molecule has 0 spiro atoms. The van der Waals surface area contributed by atoms with Gasteiger partial charge in [-0.25, -0.2) is 4.39 Å². The maximum absolute atomic E-state index is 13.9. The summed E-state index contributed by atoms with van der Waals surface area (Å²) in [6.45, 7) is 0.404. The Balaban J connectivity index is 1.51. The van der Waals surface area contributed by atoms with E-state index >= 15 is 0 Å². The van der Waals surface area contributed by atoms with Crippen LogP contribution in [0.4, 0.5) is 4.39 Å². The number of hydrogen-bond donors (Lipinski definition) is 0. The third-order valence-electron chi connectivity index (χ3n) is 4.44. The number of carbonyl (C=O) groups is 1. The van der Waals surface area contributed by atoms with Crippen LogP contribution in [0.2, 0.25) is 5.02 Å². The molecule has 2 aromatic carbocycles. The van der Waals surface area contributed by atoms with Gasteiger partial charge < -0.3 is 14.4 Å². The lowest BCUT2D eigenvalue weighted by Gasteiger charge is -2.21. The van der Waals surface area contributed by atoms with E-state index in [0.29, 0.717) is 22.1 Å². The Kier molecular flexibility index (Phi) is 4.55. The summed E-state index contributed by atoms with van der Waals surface area (Å²) in [4.78, 5) is 14.4. The van der Waals surface area contributed by atoms with Gasteiger partial charge in [-0.05, 0) is 42.7 Å². The maximum atomic E-state index is 13.9. The van der Waals surface area contributed by atoms with E-state index in [1.807, 2.05) is 0 Å². The zero-order chi connectivity index (χ0) is 18.1. The van der Waals surface area contributed by atoms with Gasteiger partial charge in [-0.15, -0.1) is 0 Å². The van der Waals surface area contributed by atoms with E-state index < -0.39 is 0 Å². The quantitative estimate of drug-likeness (QED) is 0.728. The van der Waals surface area contributed by atoms with Crippen molar-refractivity contribution >= 4 is 23.6 Å². The lowest BCUT2D eigenvalue weighted by molar-refractivity contribution is -0.127. The molecular formula is C20H17ClFNO3. The summed E-state index contributed by atoms with van der Waals surface area (Å²) >= 11 is 6.16. The smallest absolute Gasteiger partial charge is 0.247 e. The number of fused-ring (bicyclic) bond motifs is 1. The van der Waals surface area contributed by atoms with Gasteiger partial charge in [-0.1, -0.05) is 29.8 Å². The standard InChI is InChI=1S/C20H17ClFNO3/c21-16-9-13(10-18-20(16)26-12-25-18)5-8-19(24)23(15-6-7-15)11-14-3-1-2-4-17(14)22/h1-5,8-10,15H,6-7,11-12H2/b8-5+. The van der Waals surface area contributed by atoms with Gasteiger partial charge in [0.25, 0.3) is 0 Å². The maximum Gasteiger partial charge on any atom is 0.247 e. The number of amides is 1. The Labute approximate surface area is 155 Å². The van der Waals surface area contributed by atoms with Crippen molar-refractivity contribution in [1.29, 1.82) is 0 Å². The molecule has 4 rings (SSSR count). The topological polar surface area (TPSA) is 38.8 Å². The Morgan fingerprint density at radius 2 is 2.08 bits per heavy atom. The van der Waals surface area contributed by atoms with E-state index in [1.165, 1.54) is 12.1 Å². The van der Waals surface area contributed by atoms with Gasteiger partial charge in [-0.3, -0.25) is 4.79 Å². The van der Waals surface area contributed by atoms with Crippen molar-refractivity contribution in [3.63, 3.8) is 0 Å². The molecule has 0 unspecified atom stereocenters. The van der Waals surface area contributed by atoms with Crippen molar-refractivity contribution in [3.05, 3.63) is 64.4 Å². The highest BCUT2D eigenvalue weighted by atomic mass is 35.5. The Morgan fingerprint density at radius 1 is 1.27 bits per heavy atom. The second-order valence-electron chi connectivity index (χ2n) is 6.36. The first-order chi connectivity index (χ1) is 12.6. The highest BCUT2D eigenvalue weighted by Gasteiger charge is 2.32. The monoisotopic (exact) mass is 373 g/mol. The molecule has 0 radical (unpaired) electrons. The van der Waals surface area contributed by atoms with E-state index in [9.17, 15) is 9.18 Å². The predicted molar refractivity (Wildman–Crippen MR) is 96.6 cm³/mol. The van der Waals surface area contributed by atoms with Gasteiger partial charge in [0, 0.05) is 24.2 Å². The molecule has 0 atom stereocenters. The number of halogens is 2. The summed E-state index contributed by atoms with van der Waals surface area (Å²) in [6.07, 6.45) is 5.08. The summed E-state index contributed by atoms with van der Waals surface area (Å²) in [5.41, 5.74) is 1.27. The summed E-state index contributed by atoms with van der Waals surface area (Å²) in [6, 6.07) is 10.2. The van der Waals surface area contributed by atoms with Crippen molar-refractivity contribution in [1.82, 2.24) is 4.90 Å². The van der Waals surface area contributed by atoms with E-state index in [1.54, 1.807) is 41.3 Å². The third-order valence-corrected chi connectivity index (χ3v) is 4.72. The highest BCUT2D eigenvalue weighted by molar-refractivity contribution is 6.32. The van der Waals surface area contributed by atoms with Crippen LogP contribution in [0.15, 0.2) is 42.5 Å². The minimum atomic E-state index is -0.294. The van der Waals surface area contributed by atoms with Crippen molar-refractivity contribution < 1.29 is 18.7 Å². The number of hydrogen-bond acceptors (Lipinski definition) is 3. The van der Waals surface area contributed by atoms with E-state index in [4.69, 9.17) is 21.1 Å². The van der Waals surface area contributed by atoms with Crippen LogP contribution < -0.4 is 9.47 Å². The molecule has 1 fully saturated rings. The van der Waals surface area contributed by atoms with Gasteiger partial charge >= 0.3 is 0 Å². The van der Waals surface area contributed by atoms with Crippen molar-refractivity contribution in [3.8, 4) is 11.5 Å². The summed E-state index contributed by atoms with van der Waals surface area (Å²) in [7, 11) is 0. The summed E-state index contributed by atoms with van der Waals surface area (Å²) in [5.74, 6) is 0.645. The van der Waals surface area contributed by atoms with Crippen LogP contribution in [0.25, 0.3) is 6.08 Å². The fraction of sp³-hybridized carbons (Fsp3) is 0.250. The third kappa shape index (κ3) is 3.53. The Bertz CT molecular complexity index is 879. The second-order valence-corrected chi connectivity index (χ2v) is 6.77. The van der Waals surface area contributed by atoms with E-state index in [0.717, 1.165) is 18.4 Å². The molecule has 2 aliphatic rings. The molecule has 1 heterocycles. The number of ether oxygens (including phenoxy) is 2. The molecule has 0 N–H and O–H groups in total. The second kappa shape index (κ2) is 7.00. The Morgan fingerprint density at radius 3 is 2.85 bits per heavy atom. The van der Waals surface area contributed by atoms with E-state index in [2.05, 4.69) is 0 Å². The number of rotatable bonds is 5. The zero-order valence-electron chi connectivity index (χ0n) is 14.0. The number of carbonyl (C=O) groups excluding carboxylic acids is 1. The molecular weight excluding hydrogens is 357 g/mol. The molecule has 0 bridgehead atoms. The molecule has 1 aliphatic heterocycles. The average Bonchev–Trinajstić information content (AvgIpc) is 3.35. The number of nitrogens with zero attached hydrogens (tertiary/aromatic N) is 1. The predicted octanol–water partition coefficient (Wildman–Crippen LogP) is 4.41. The molecule has 26 heavy (non-hydrogen) atoms. The normalized spacial score (nSPS) is 15.5. The van der Waals surface area contributed by atoms with E-state index in [-0.39, 0.29) is 31.1 Å². The van der Waals surface area contributed by atoms with Crippen molar-refractivity contribution in [2.75, 3.05) is 6.79 Å². The van der Waals surface area contributed by atoms with Crippen LogP contribution in [0.1, 0.15) is 24.0 Å². The molecule has 1 aliphatic carbocycles. The minimum absolute atomic E-state index is 0.138. The fourth-order valence-electron chi connectivity index (χ4n) is 2.93. The molecule has 0 aromatic heterocycles. The molecule has 6 heteroatoms. The first-order valence-electron chi connectivity index (χ1n) is 8.43. The molecule has 0 saturated heterocycles. The lowest BCUT2D eigenvalue weighted by atomic mass is 10.1. The minimum Gasteiger partial charge on any atom is -0.454 e. The molecule has 2 aromatic rings. The van der Waals surface area contributed by atoms with Crippen LogP contribution in [0, 0.1) is 5.82 Å². The fourth-order valence-corrected chi connectivity index (χ4v) is 3.20. The van der Waals surface area contributed by atoms with Gasteiger partial charge in [-0.2, -0.15) is 0 Å². The molecule has 1 amide bonds. The van der Waals surface area contributed by atoms with Crippen LogP contribution in [0.5, 0.6) is 11.5 Å². The van der Waals surface area contributed by atoms with Crippen LogP contribution >= 0.6 is 11.6 Å². The highest BCUT2D eigenvalue weighted by Crippen LogP contribution is 2.40. The van der Waals surface area contributed by atoms with Crippen LogP contribution in [-0.4, -0.2) is 23.6 Å². The average molecular weight is 374 g/mol. The van der Waals surface area contributed by atoms with Gasteiger partial charge in [0.15, 0.2) is 11.5 Å². The first kappa shape index (κ1) is 16.9. The lowest BCUT2D eigenvalue weighted by Crippen LogP contribution is -2.31. The molecule has 134 valence electrons. The van der Waals surface area contributed by atoms with Crippen LogP contribution in [-0.2, 0) is 11.3 Å². The van der Waals surface area contributed by atoms with Crippen LogP contribution in [0.3, 0.4) is 0 Å². The van der Waals surface area contributed by atoms with Gasteiger partial charge in [0.2, 0.25) is 12.7 Å². The molecule has 4 nitrogen and oxygen atoms in total. The molecule has 1 saturated carbocycles. The summed E-state index contributed by atoms with van der Waals surface area (Å²) < 4.78 is 24.5. The SMILES string of the molecule is O=C(/C=C/c1cc(Cl)c2c(c1)OCO2)N(Cc1ccccc1F)C1CC1. The van der Waals surface area contributed by atoms with Gasteiger partial charge in [0.1, 0.15) is 5.82 Å². The van der Waals surface area contributed by atoms with Crippen molar-refractivity contribution in [2.24, 2.45) is 0 Å². The van der Waals surface area contributed by atoms with Crippen molar-refractivity contribution in [2.45, 2.75) is 25.4 Å². The van der Waals surface area contributed by atoms with Gasteiger partial charge in [0.05, 0.1) is 5.02 Å². The number of benzene rings is 2.